The van der Waals surface area contributed by atoms with E-state index in [1.807, 2.05) is 12.2 Å². The Morgan fingerprint density at radius 1 is 1.03 bits per heavy atom. The number of ether oxygens (including phenoxy) is 3. The highest BCUT2D eigenvalue weighted by molar-refractivity contribution is 7.91. The Kier molecular flexibility index (Phi) is 11.2. The van der Waals surface area contributed by atoms with E-state index < -0.39 is 80.2 Å². The van der Waals surface area contributed by atoms with Gasteiger partial charge in [-0.2, -0.15) is 0 Å². The second-order valence-corrected chi connectivity index (χ2v) is 19.3. The molecule has 15 nitrogen and oxygen atoms in total. The van der Waals surface area contributed by atoms with Crippen molar-refractivity contribution in [1.82, 2.24) is 25.2 Å². The van der Waals surface area contributed by atoms with Gasteiger partial charge in [0.1, 0.15) is 52.0 Å². The number of fused-ring (bicyclic) bond motifs is 5. The number of pyridine rings is 1. The number of benzene rings is 2. The van der Waals surface area contributed by atoms with Gasteiger partial charge in [-0.15, -0.1) is 0 Å². The summed E-state index contributed by atoms with van der Waals surface area (Å²) in [6.45, 7) is 5.03. The third kappa shape index (κ3) is 9.02. The molecule has 17 heteroatoms. The molecule has 61 heavy (non-hydrogen) atoms. The van der Waals surface area contributed by atoms with Crippen molar-refractivity contribution in [3.8, 4) is 22.8 Å². The first-order chi connectivity index (χ1) is 29.0. The lowest BCUT2D eigenvalue weighted by Gasteiger charge is -2.30. The van der Waals surface area contributed by atoms with Crippen molar-refractivity contribution in [3.63, 3.8) is 0 Å². The molecule has 8 rings (SSSR count). The van der Waals surface area contributed by atoms with Crippen molar-refractivity contribution >= 4 is 55.9 Å². The minimum Gasteiger partial charge on any atom is -0.497 e. The highest BCUT2D eigenvalue weighted by Gasteiger charge is 2.62. The maximum absolute atomic E-state index is 14.7. The van der Waals surface area contributed by atoms with Crippen LogP contribution in [0.3, 0.4) is 0 Å². The zero-order chi connectivity index (χ0) is 43.3. The van der Waals surface area contributed by atoms with Gasteiger partial charge >= 0.3 is 6.09 Å². The van der Waals surface area contributed by atoms with Crippen molar-refractivity contribution < 1.29 is 50.6 Å². The minimum absolute atomic E-state index is 0.0426. The standard InChI is InChI=1S/C44H50FN5O10S/c1-43(2,3)60-42(54)47-32-11-9-7-5-6-8-10-26-23-44(26,41(53)49-61(55,56)30-17-18-30)48-39(51)34-21-29(24-50(34)40(32)52)58-36-22-33(25-12-14-27(45)15-13-25)46-37-31-20-28(57-4)16-19-35(31)59-38(36)37/h8,10,12-16,19-20,22,26,29-30,32,34H,5-7,9,11,17-18,21,23-24H2,1-4H3,(H,47,54)(H,48,51)(H,49,53)/b10-8-/t26-,29+,32-,34-,44+/m0/s1. The summed E-state index contributed by atoms with van der Waals surface area (Å²) in [4.78, 5) is 62.6. The molecule has 2 aliphatic carbocycles. The van der Waals surface area contributed by atoms with Crippen molar-refractivity contribution in [1.29, 1.82) is 0 Å². The number of carbonyl (C=O) groups excluding carboxylic acids is 4. The van der Waals surface area contributed by atoms with E-state index in [4.69, 9.17) is 23.6 Å². The topological polar surface area (TPSA) is 195 Å². The van der Waals surface area contributed by atoms with E-state index in [1.54, 1.807) is 64.3 Å². The predicted octanol–water partition coefficient (Wildman–Crippen LogP) is 6.04. The monoisotopic (exact) mass is 859 g/mol. The molecule has 4 heterocycles. The van der Waals surface area contributed by atoms with Gasteiger partial charge in [0, 0.05) is 24.0 Å². The number of carbonyl (C=O) groups is 4. The molecular formula is C44H50FN5O10S. The van der Waals surface area contributed by atoms with Crippen LogP contribution in [0.2, 0.25) is 0 Å². The van der Waals surface area contributed by atoms with Crippen molar-refractivity contribution in [3.05, 3.63) is 66.5 Å². The molecule has 0 unspecified atom stereocenters. The molecule has 1 saturated heterocycles. The van der Waals surface area contributed by atoms with Gasteiger partial charge < -0.3 is 34.2 Å². The SMILES string of the molecule is COc1ccc2oc3c(O[C@@H]4C[C@H]5C(=O)N[C@]6(C(=O)NS(=O)(=O)C7CC7)C[C@@H]6/C=C\CCCCC[C@H](NC(=O)OC(C)(C)C)C(=O)N5C4)cc(-c4ccc(F)cc4)nc3c2c1. The van der Waals surface area contributed by atoms with Crippen LogP contribution in [0, 0.1) is 11.7 Å². The maximum Gasteiger partial charge on any atom is 0.408 e. The highest BCUT2D eigenvalue weighted by Crippen LogP contribution is 2.46. The van der Waals surface area contributed by atoms with Crippen LogP contribution >= 0.6 is 0 Å². The lowest BCUT2D eigenvalue weighted by molar-refractivity contribution is -0.141. The van der Waals surface area contributed by atoms with E-state index in [0.29, 0.717) is 64.8 Å². The van der Waals surface area contributed by atoms with E-state index >= 15 is 0 Å². The molecule has 2 aromatic carbocycles. The molecular weight excluding hydrogens is 810 g/mol. The number of nitrogens with one attached hydrogen (secondary N) is 3. The number of rotatable bonds is 8. The highest BCUT2D eigenvalue weighted by atomic mass is 32.2. The van der Waals surface area contributed by atoms with Crippen LogP contribution < -0.4 is 24.8 Å². The van der Waals surface area contributed by atoms with Crippen molar-refractivity contribution in [2.45, 2.75) is 113 Å². The Hall–Kier alpha value is -5.71. The third-order valence-electron chi connectivity index (χ3n) is 11.6. The molecule has 0 radical (unpaired) electrons. The lowest BCUT2D eigenvalue weighted by Crippen LogP contribution is -2.58. The van der Waals surface area contributed by atoms with Crippen molar-refractivity contribution in [2.24, 2.45) is 5.92 Å². The van der Waals surface area contributed by atoms with E-state index in [-0.39, 0.29) is 31.6 Å². The van der Waals surface area contributed by atoms with Gasteiger partial charge in [-0.05, 0) is 102 Å². The summed E-state index contributed by atoms with van der Waals surface area (Å²) in [5.74, 6) is -2.13. The fraction of sp³-hybridized carbons (Fsp3) is 0.477. The molecule has 3 fully saturated rings. The number of amides is 4. The number of hydrogen-bond donors (Lipinski definition) is 3. The lowest BCUT2D eigenvalue weighted by atomic mass is 10.0. The van der Waals surface area contributed by atoms with E-state index in [2.05, 4.69) is 15.4 Å². The number of allylic oxidation sites excluding steroid dienone is 1. The van der Waals surface area contributed by atoms with Crippen LogP contribution in [0.25, 0.3) is 33.3 Å². The Morgan fingerprint density at radius 3 is 2.52 bits per heavy atom. The first-order valence-electron chi connectivity index (χ1n) is 20.7. The van der Waals surface area contributed by atoms with E-state index in [0.717, 1.165) is 12.8 Å². The number of nitrogens with zero attached hydrogens (tertiary/aromatic N) is 2. The largest absolute Gasteiger partial charge is 0.497 e. The van der Waals surface area contributed by atoms with E-state index in [1.165, 1.54) is 17.0 Å². The van der Waals surface area contributed by atoms with Gasteiger partial charge in [-0.25, -0.2) is 22.6 Å². The van der Waals surface area contributed by atoms with Crippen LogP contribution in [0.5, 0.6) is 11.5 Å². The first-order valence-corrected chi connectivity index (χ1v) is 22.3. The second kappa shape index (κ2) is 16.3. The molecule has 2 aromatic heterocycles. The summed E-state index contributed by atoms with van der Waals surface area (Å²) in [6, 6.07) is 10.5. The van der Waals surface area contributed by atoms with Gasteiger partial charge in [0.2, 0.25) is 21.8 Å². The molecule has 2 saturated carbocycles. The molecule has 5 atom stereocenters. The number of sulfonamides is 1. The average molecular weight is 860 g/mol. The number of halogens is 1. The third-order valence-corrected chi connectivity index (χ3v) is 13.4. The van der Waals surface area contributed by atoms with Crippen LogP contribution in [0.4, 0.5) is 9.18 Å². The fourth-order valence-corrected chi connectivity index (χ4v) is 9.51. The molecule has 4 amide bonds. The minimum atomic E-state index is -3.94. The smallest absolute Gasteiger partial charge is 0.408 e. The first kappa shape index (κ1) is 42.0. The fourth-order valence-electron chi connectivity index (χ4n) is 8.14. The summed E-state index contributed by atoms with van der Waals surface area (Å²) in [7, 11) is -2.40. The Labute approximate surface area is 352 Å². The van der Waals surface area contributed by atoms with Crippen LogP contribution in [0.1, 0.15) is 78.6 Å². The molecule has 324 valence electrons. The van der Waals surface area contributed by atoms with Gasteiger partial charge in [0.15, 0.2) is 11.3 Å². The van der Waals surface area contributed by atoms with Gasteiger partial charge in [-0.3, -0.25) is 19.1 Å². The summed E-state index contributed by atoms with van der Waals surface area (Å²) in [6.07, 6.45) is 6.17. The maximum atomic E-state index is 14.7. The van der Waals surface area contributed by atoms with Crippen LogP contribution in [-0.4, -0.2) is 90.3 Å². The molecule has 4 aromatic rings. The molecule has 3 N–H and O–H groups in total. The quantitative estimate of drug-likeness (QED) is 0.175. The van der Waals surface area contributed by atoms with Gasteiger partial charge in [-0.1, -0.05) is 25.0 Å². The molecule has 0 spiro atoms. The number of methoxy groups -OCH3 is 1. The van der Waals surface area contributed by atoms with Crippen molar-refractivity contribution in [2.75, 3.05) is 13.7 Å². The second-order valence-electron chi connectivity index (χ2n) is 17.3. The molecule has 4 aliphatic rings. The summed E-state index contributed by atoms with van der Waals surface area (Å²) in [5.41, 5.74) is -0.145. The molecule has 2 aliphatic heterocycles. The normalized spacial score (nSPS) is 25.4. The Balaban J connectivity index is 1.16. The number of furan rings is 1. The number of aromatic nitrogens is 1. The zero-order valence-corrected chi connectivity index (χ0v) is 35.3. The Bertz CT molecular complexity index is 2510. The Morgan fingerprint density at radius 2 is 1.80 bits per heavy atom. The predicted molar refractivity (Wildman–Crippen MR) is 222 cm³/mol. The zero-order valence-electron chi connectivity index (χ0n) is 34.5. The average Bonchev–Trinajstić information content (AvgIpc) is 4.11. The summed E-state index contributed by atoms with van der Waals surface area (Å²) >= 11 is 0. The van der Waals surface area contributed by atoms with Gasteiger partial charge in [0.05, 0.1) is 30.0 Å². The van der Waals surface area contributed by atoms with Crippen LogP contribution in [0.15, 0.2) is 65.1 Å². The van der Waals surface area contributed by atoms with Crippen LogP contribution in [-0.2, 0) is 29.1 Å². The molecule has 0 bridgehead atoms. The summed E-state index contributed by atoms with van der Waals surface area (Å²) in [5, 5.41) is 5.59. The van der Waals surface area contributed by atoms with E-state index in [9.17, 15) is 32.0 Å². The number of hydrogen-bond acceptors (Lipinski definition) is 11. The number of alkyl carbamates (subject to hydrolysis) is 1. The summed E-state index contributed by atoms with van der Waals surface area (Å²) < 4.78 is 66.1. The van der Waals surface area contributed by atoms with Gasteiger partial charge in [0.25, 0.3) is 5.91 Å².